The van der Waals surface area contributed by atoms with Crippen LogP contribution in [0.1, 0.15) is 18.2 Å². The summed E-state index contributed by atoms with van der Waals surface area (Å²) in [6, 6.07) is 1.97. The topological polar surface area (TPSA) is 87.4 Å². The Morgan fingerprint density at radius 1 is 1.04 bits per heavy atom. The van der Waals surface area contributed by atoms with E-state index < -0.39 is 0 Å². The Labute approximate surface area is 152 Å². The van der Waals surface area contributed by atoms with Crippen molar-refractivity contribution >= 4 is 23.4 Å². The van der Waals surface area contributed by atoms with Crippen LogP contribution in [-0.2, 0) is 0 Å². The van der Waals surface area contributed by atoms with Crippen molar-refractivity contribution in [3.05, 3.63) is 29.8 Å². The fourth-order valence-corrected chi connectivity index (χ4v) is 3.30. The first-order chi connectivity index (χ1) is 12.7. The van der Waals surface area contributed by atoms with E-state index in [1.165, 1.54) is 0 Å². The second-order valence-electron chi connectivity index (χ2n) is 6.36. The minimum Gasteiger partial charge on any atom is -0.354 e. The predicted octanol–water partition coefficient (Wildman–Crippen LogP) is 1.29. The highest BCUT2D eigenvalue weighted by atomic mass is 15.4. The standard InChI is InChI=1S/C17H23N9/c1-4-18-16-19-6-5-14(23-16)24-7-9-25(10-8-24)15-12(2)13(3)22-17-20-11-21-26(15)17/h5-6,11H,4,7-10H2,1-3H3,(H,18,19,23). The number of nitrogens with zero attached hydrogens (tertiary/aromatic N) is 8. The van der Waals surface area contributed by atoms with Gasteiger partial charge in [0, 0.05) is 50.2 Å². The Bertz CT molecular complexity index is 912. The molecule has 1 saturated heterocycles. The van der Waals surface area contributed by atoms with E-state index in [1.54, 1.807) is 6.33 Å². The maximum atomic E-state index is 4.60. The third-order valence-electron chi connectivity index (χ3n) is 4.76. The average molecular weight is 353 g/mol. The van der Waals surface area contributed by atoms with Crippen LogP contribution >= 0.6 is 0 Å². The molecule has 1 fully saturated rings. The summed E-state index contributed by atoms with van der Waals surface area (Å²) in [5, 5.41) is 7.53. The van der Waals surface area contributed by atoms with Crippen LogP contribution in [0.5, 0.6) is 0 Å². The summed E-state index contributed by atoms with van der Waals surface area (Å²) in [5.74, 6) is 3.37. The number of piperazine rings is 1. The molecule has 0 unspecified atom stereocenters. The molecule has 26 heavy (non-hydrogen) atoms. The van der Waals surface area contributed by atoms with Gasteiger partial charge in [-0.25, -0.2) is 9.97 Å². The molecule has 0 amide bonds. The van der Waals surface area contributed by atoms with E-state index in [-0.39, 0.29) is 0 Å². The Kier molecular flexibility index (Phi) is 4.27. The van der Waals surface area contributed by atoms with Crippen molar-refractivity contribution in [1.29, 1.82) is 0 Å². The highest BCUT2D eigenvalue weighted by Gasteiger charge is 2.23. The van der Waals surface area contributed by atoms with Gasteiger partial charge in [-0.05, 0) is 26.8 Å². The molecule has 3 aromatic heterocycles. The van der Waals surface area contributed by atoms with Crippen LogP contribution in [0.4, 0.5) is 17.6 Å². The normalized spacial score (nSPS) is 14.9. The number of hydrogen-bond donors (Lipinski definition) is 1. The van der Waals surface area contributed by atoms with E-state index in [1.807, 2.05) is 30.6 Å². The van der Waals surface area contributed by atoms with Crippen molar-refractivity contribution in [1.82, 2.24) is 29.5 Å². The molecule has 4 rings (SSSR count). The SMILES string of the molecule is CCNc1nccc(N2CCN(c3c(C)c(C)nc4ncnn34)CC2)n1. The van der Waals surface area contributed by atoms with Crippen LogP contribution in [0.15, 0.2) is 18.6 Å². The molecule has 0 aliphatic carbocycles. The van der Waals surface area contributed by atoms with E-state index in [2.05, 4.69) is 47.1 Å². The third-order valence-corrected chi connectivity index (χ3v) is 4.76. The van der Waals surface area contributed by atoms with Crippen molar-refractivity contribution in [3.8, 4) is 0 Å². The highest BCUT2D eigenvalue weighted by Crippen LogP contribution is 2.24. The monoisotopic (exact) mass is 353 g/mol. The number of hydrogen-bond acceptors (Lipinski definition) is 8. The second-order valence-corrected chi connectivity index (χ2v) is 6.36. The quantitative estimate of drug-likeness (QED) is 0.751. The number of anilines is 3. The maximum Gasteiger partial charge on any atom is 0.254 e. The average Bonchev–Trinajstić information content (AvgIpc) is 3.11. The molecule has 0 saturated carbocycles. The summed E-state index contributed by atoms with van der Waals surface area (Å²) in [6.45, 7) is 10.5. The Balaban J connectivity index is 1.55. The van der Waals surface area contributed by atoms with Crippen molar-refractivity contribution in [3.63, 3.8) is 0 Å². The number of nitrogens with one attached hydrogen (secondary N) is 1. The first-order valence-electron chi connectivity index (χ1n) is 8.91. The zero-order valence-corrected chi connectivity index (χ0v) is 15.3. The number of aryl methyl sites for hydroxylation is 1. The smallest absolute Gasteiger partial charge is 0.254 e. The lowest BCUT2D eigenvalue weighted by molar-refractivity contribution is 0.630. The summed E-state index contributed by atoms with van der Waals surface area (Å²) in [7, 11) is 0. The van der Waals surface area contributed by atoms with Gasteiger partial charge in [-0.1, -0.05) is 0 Å². The van der Waals surface area contributed by atoms with E-state index in [4.69, 9.17) is 0 Å². The Hall–Kier alpha value is -2.97. The summed E-state index contributed by atoms with van der Waals surface area (Å²) < 4.78 is 1.84. The van der Waals surface area contributed by atoms with Crippen LogP contribution in [0.25, 0.3) is 5.78 Å². The van der Waals surface area contributed by atoms with Crippen molar-refractivity contribution in [2.24, 2.45) is 0 Å². The molecule has 9 heteroatoms. The van der Waals surface area contributed by atoms with Crippen LogP contribution in [0.2, 0.25) is 0 Å². The summed E-state index contributed by atoms with van der Waals surface area (Å²) in [5.41, 5.74) is 2.14. The molecule has 1 aliphatic heterocycles. The molecule has 0 aromatic carbocycles. The van der Waals surface area contributed by atoms with Crippen LogP contribution in [0.3, 0.4) is 0 Å². The molecular formula is C17H23N9. The Morgan fingerprint density at radius 2 is 1.81 bits per heavy atom. The van der Waals surface area contributed by atoms with Gasteiger partial charge in [0.15, 0.2) is 0 Å². The van der Waals surface area contributed by atoms with Crippen LogP contribution in [-0.4, -0.2) is 62.3 Å². The predicted molar refractivity (Wildman–Crippen MR) is 101 cm³/mol. The first-order valence-corrected chi connectivity index (χ1v) is 8.91. The largest absolute Gasteiger partial charge is 0.354 e. The molecule has 4 heterocycles. The zero-order valence-electron chi connectivity index (χ0n) is 15.3. The first kappa shape index (κ1) is 16.5. The molecular weight excluding hydrogens is 330 g/mol. The molecule has 1 N–H and O–H groups in total. The van der Waals surface area contributed by atoms with Gasteiger partial charge in [-0.3, -0.25) is 0 Å². The van der Waals surface area contributed by atoms with Gasteiger partial charge in [0.1, 0.15) is 18.0 Å². The lowest BCUT2D eigenvalue weighted by Gasteiger charge is -2.37. The molecule has 3 aromatic rings. The van der Waals surface area contributed by atoms with Crippen molar-refractivity contribution in [2.75, 3.05) is 47.8 Å². The van der Waals surface area contributed by atoms with Gasteiger partial charge in [-0.15, -0.1) is 0 Å². The van der Waals surface area contributed by atoms with Gasteiger partial charge >= 0.3 is 0 Å². The minimum absolute atomic E-state index is 0.650. The Morgan fingerprint density at radius 3 is 2.58 bits per heavy atom. The molecule has 0 radical (unpaired) electrons. The second kappa shape index (κ2) is 6.74. The number of rotatable bonds is 4. The van der Waals surface area contributed by atoms with Crippen LogP contribution < -0.4 is 15.1 Å². The van der Waals surface area contributed by atoms with Gasteiger partial charge in [0.05, 0.1) is 0 Å². The maximum absolute atomic E-state index is 4.60. The lowest BCUT2D eigenvalue weighted by atomic mass is 10.2. The molecule has 9 nitrogen and oxygen atoms in total. The fraction of sp³-hybridized carbons (Fsp3) is 0.471. The molecule has 0 spiro atoms. The molecule has 0 bridgehead atoms. The van der Waals surface area contributed by atoms with E-state index >= 15 is 0 Å². The molecule has 0 atom stereocenters. The number of fused-ring (bicyclic) bond motifs is 1. The highest BCUT2D eigenvalue weighted by molar-refractivity contribution is 5.55. The fourth-order valence-electron chi connectivity index (χ4n) is 3.30. The van der Waals surface area contributed by atoms with Gasteiger partial charge in [-0.2, -0.15) is 19.6 Å². The van der Waals surface area contributed by atoms with E-state index in [9.17, 15) is 0 Å². The number of aromatic nitrogens is 6. The zero-order chi connectivity index (χ0) is 18.1. The molecule has 136 valence electrons. The minimum atomic E-state index is 0.650. The van der Waals surface area contributed by atoms with Crippen molar-refractivity contribution in [2.45, 2.75) is 20.8 Å². The van der Waals surface area contributed by atoms with E-state index in [0.717, 1.165) is 55.6 Å². The summed E-state index contributed by atoms with van der Waals surface area (Å²) in [4.78, 5) is 22.3. The lowest BCUT2D eigenvalue weighted by Crippen LogP contribution is -2.47. The summed E-state index contributed by atoms with van der Waals surface area (Å²) >= 11 is 0. The molecule has 1 aliphatic rings. The van der Waals surface area contributed by atoms with Gasteiger partial charge < -0.3 is 15.1 Å². The third kappa shape index (κ3) is 2.89. The van der Waals surface area contributed by atoms with Gasteiger partial charge in [0.25, 0.3) is 5.78 Å². The summed E-state index contributed by atoms with van der Waals surface area (Å²) in [6.07, 6.45) is 3.37. The van der Waals surface area contributed by atoms with Crippen molar-refractivity contribution < 1.29 is 0 Å². The van der Waals surface area contributed by atoms with Gasteiger partial charge in [0.2, 0.25) is 5.95 Å². The van der Waals surface area contributed by atoms with Crippen LogP contribution in [0, 0.1) is 13.8 Å². The van der Waals surface area contributed by atoms with E-state index in [0.29, 0.717) is 11.7 Å².